The van der Waals surface area contributed by atoms with E-state index in [2.05, 4.69) is 5.32 Å². The van der Waals surface area contributed by atoms with Crippen LogP contribution in [-0.2, 0) is 14.8 Å². The van der Waals surface area contributed by atoms with E-state index < -0.39 is 14.9 Å². The third kappa shape index (κ3) is 3.36. The molecule has 0 bridgehead atoms. The molecule has 0 saturated carbocycles. The van der Waals surface area contributed by atoms with Crippen LogP contribution in [0.3, 0.4) is 0 Å². The summed E-state index contributed by atoms with van der Waals surface area (Å²) in [5.41, 5.74) is 0.328. The lowest BCUT2D eigenvalue weighted by Crippen LogP contribution is -2.89. The van der Waals surface area contributed by atoms with Crippen LogP contribution in [0, 0.1) is 10.1 Å². The highest BCUT2D eigenvalue weighted by Gasteiger charge is 2.32. The van der Waals surface area contributed by atoms with Crippen molar-refractivity contribution >= 4 is 21.4 Å². The monoisotopic (exact) mass is 357 g/mol. The van der Waals surface area contributed by atoms with Crippen molar-refractivity contribution in [3.63, 3.8) is 0 Å². The molecule has 9 nitrogen and oxygen atoms in total. The number of sulfonamides is 1. The molecule has 0 spiro atoms. The van der Waals surface area contributed by atoms with Gasteiger partial charge in [-0.3, -0.25) is 10.1 Å². The Morgan fingerprint density at radius 1 is 1.12 bits per heavy atom. The van der Waals surface area contributed by atoms with Gasteiger partial charge in [0.15, 0.2) is 0 Å². The van der Waals surface area contributed by atoms with Gasteiger partial charge in [-0.1, -0.05) is 0 Å². The van der Waals surface area contributed by atoms with Crippen molar-refractivity contribution in [3.05, 3.63) is 28.3 Å². The number of anilines is 1. The third-order valence-corrected chi connectivity index (χ3v) is 6.22. The van der Waals surface area contributed by atoms with Crippen LogP contribution < -0.4 is 10.2 Å². The minimum absolute atomic E-state index is 0.0144. The molecule has 2 fully saturated rings. The molecule has 2 heterocycles. The van der Waals surface area contributed by atoms with Crippen LogP contribution in [0.4, 0.5) is 11.4 Å². The van der Waals surface area contributed by atoms with E-state index in [4.69, 9.17) is 4.74 Å². The van der Waals surface area contributed by atoms with Crippen LogP contribution in [0.15, 0.2) is 23.1 Å². The molecule has 24 heavy (non-hydrogen) atoms. The van der Waals surface area contributed by atoms with Gasteiger partial charge in [0.25, 0.3) is 5.69 Å². The zero-order valence-electron chi connectivity index (χ0n) is 13.3. The van der Waals surface area contributed by atoms with Crippen molar-refractivity contribution < 1.29 is 23.4 Å². The number of hydrogen-bond acceptors (Lipinski definition) is 6. The van der Waals surface area contributed by atoms with Gasteiger partial charge in [0.2, 0.25) is 10.0 Å². The van der Waals surface area contributed by atoms with Gasteiger partial charge in [-0.15, -0.1) is 0 Å². The minimum Gasteiger partial charge on any atom is -0.379 e. The lowest BCUT2D eigenvalue weighted by molar-refractivity contribution is -0.655. The zero-order valence-corrected chi connectivity index (χ0v) is 14.1. The lowest BCUT2D eigenvalue weighted by Gasteiger charge is -2.31. The molecule has 0 atom stereocenters. The molecule has 2 aliphatic rings. The van der Waals surface area contributed by atoms with E-state index in [-0.39, 0.29) is 23.7 Å². The summed E-state index contributed by atoms with van der Waals surface area (Å²) in [6.07, 6.45) is 0. The van der Waals surface area contributed by atoms with Crippen LogP contribution in [0.2, 0.25) is 0 Å². The number of piperazine rings is 1. The van der Waals surface area contributed by atoms with Gasteiger partial charge < -0.3 is 15.0 Å². The summed E-state index contributed by atoms with van der Waals surface area (Å²) in [4.78, 5) is 12.5. The molecule has 0 unspecified atom stereocenters. The fourth-order valence-electron chi connectivity index (χ4n) is 3.00. The van der Waals surface area contributed by atoms with Gasteiger partial charge in [-0.05, 0) is 6.07 Å². The first-order chi connectivity index (χ1) is 11.5. The molecule has 10 heteroatoms. The smallest absolute Gasteiger partial charge is 0.270 e. The highest BCUT2D eigenvalue weighted by atomic mass is 32.2. The summed E-state index contributed by atoms with van der Waals surface area (Å²) in [7, 11) is -3.80. The highest BCUT2D eigenvalue weighted by Crippen LogP contribution is 2.32. The first-order valence-electron chi connectivity index (χ1n) is 7.93. The quantitative estimate of drug-likeness (QED) is 0.547. The van der Waals surface area contributed by atoms with Crippen LogP contribution in [-0.4, -0.2) is 70.1 Å². The summed E-state index contributed by atoms with van der Waals surface area (Å²) < 4.78 is 32.6. The van der Waals surface area contributed by atoms with Gasteiger partial charge in [-0.25, -0.2) is 8.42 Å². The molecule has 3 rings (SSSR count). The van der Waals surface area contributed by atoms with Crippen molar-refractivity contribution in [1.82, 2.24) is 4.31 Å². The molecule has 0 amide bonds. The van der Waals surface area contributed by atoms with Gasteiger partial charge in [0.1, 0.15) is 4.90 Å². The minimum atomic E-state index is -3.80. The van der Waals surface area contributed by atoms with E-state index in [1.807, 2.05) is 4.90 Å². The average molecular weight is 357 g/mol. The number of quaternary nitrogens is 1. The number of non-ortho nitro benzene ring substituents is 1. The first-order valence-corrected chi connectivity index (χ1v) is 9.37. The predicted molar refractivity (Wildman–Crippen MR) is 86.5 cm³/mol. The van der Waals surface area contributed by atoms with E-state index in [9.17, 15) is 18.5 Å². The number of nitrogens with zero attached hydrogens (tertiary/aromatic N) is 3. The molecule has 1 aromatic carbocycles. The fourth-order valence-corrected chi connectivity index (χ4v) is 4.64. The molecule has 2 aliphatic heterocycles. The highest BCUT2D eigenvalue weighted by molar-refractivity contribution is 7.89. The maximum Gasteiger partial charge on any atom is 0.270 e. The second-order valence-corrected chi connectivity index (χ2v) is 7.69. The van der Waals surface area contributed by atoms with Crippen molar-refractivity contribution in [3.8, 4) is 0 Å². The van der Waals surface area contributed by atoms with Gasteiger partial charge in [0, 0.05) is 25.2 Å². The number of morpholine rings is 1. The Balaban J connectivity index is 2.04. The maximum absolute atomic E-state index is 13.0. The molecule has 0 aliphatic carbocycles. The SMILES string of the molecule is O=[N+]([O-])c1ccc(N2CC[NH2+]CC2)c(S(=O)(=O)N2CCOCC2)c1. The Hall–Kier alpha value is -1.75. The lowest BCUT2D eigenvalue weighted by atomic mass is 10.2. The molecular weight excluding hydrogens is 336 g/mol. The number of nitrogens with two attached hydrogens (primary N) is 1. The van der Waals surface area contributed by atoms with Gasteiger partial charge in [-0.2, -0.15) is 4.31 Å². The van der Waals surface area contributed by atoms with Crippen molar-refractivity contribution in [2.75, 3.05) is 57.4 Å². The molecule has 2 saturated heterocycles. The normalized spacial score (nSPS) is 20.1. The molecule has 2 N–H and O–H groups in total. The van der Waals surface area contributed by atoms with Gasteiger partial charge >= 0.3 is 0 Å². The summed E-state index contributed by atoms with van der Waals surface area (Å²) in [5.74, 6) is 0. The van der Waals surface area contributed by atoms with Crippen LogP contribution >= 0.6 is 0 Å². The Morgan fingerprint density at radius 2 is 1.79 bits per heavy atom. The number of hydrogen-bond donors (Lipinski definition) is 1. The number of nitro groups is 1. The first kappa shape index (κ1) is 17.1. The second-order valence-electron chi connectivity index (χ2n) is 5.78. The largest absolute Gasteiger partial charge is 0.379 e. The standard InChI is InChI=1S/C14H20N4O5S/c19-18(20)12-1-2-13(16-5-3-15-4-6-16)14(11-12)24(21,22)17-7-9-23-10-8-17/h1-2,11,15H,3-10H2/p+1. The summed E-state index contributed by atoms with van der Waals surface area (Å²) in [5, 5.41) is 13.3. The molecule has 132 valence electrons. The van der Waals surface area contributed by atoms with Crippen molar-refractivity contribution in [2.24, 2.45) is 0 Å². The van der Waals surface area contributed by atoms with Crippen LogP contribution in [0.25, 0.3) is 0 Å². The van der Waals surface area contributed by atoms with Gasteiger partial charge in [0.05, 0.1) is 50.0 Å². The number of ether oxygens (including phenoxy) is 1. The van der Waals surface area contributed by atoms with E-state index in [0.29, 0.717) is 32.0 Å². The molecule has 0 aromatic heterocycles. The Morgan fingerprint density at radius 3 is 2.42 bits per heavy atom. The zero-order chi connectivity index (χ0) is 17.2. The summed E-state index contributed by atoms with van der Waals surface area (Å²) in [6, 6.07) is 4.10. The van der Waals surface area contributed by atoms with E-state index >= 15 is 0 Å². The van der Waals surface area contributed by atoms with Crippen molar-refractivity contribution in [1.29, 1.82) is 0 Å². The third-order valence-electron chi connectivity index (χ3n) is 4.29. The molecular formula is C14H21N4O5S+. The van der Waals surface area contributed by atoms with E-state index in [1.54, 1.807) is 6.07 Å². The number of nitro benzene ring substituents is 1. The second kappa shape index (κ2) is 7.01. The van der Waals surface area contributed by atoms with E-state index in [0.717, 1.165) is 13.1 Å². The Bertz CT molecular complexity index is 712. The summed E-state index contributed by atoms with van der Waals surface area (Å²) >= 11 is 0. The Kier molecular flexibility index (Phi) is 4.99. The maximum atomic E-state index is 13.0. The predicted octanol–water partition coefficient (Wildman–Crippen LogP) is -1.00. The van der Waals surface area contributed by atoms with Crippen LogP contribution in [0.5, 0.6) is 0 Å². The average Bonchev–Trinajstić information content (AvgIpc) is 2.62. The number of benzene rings is 1. The number of rotatable bonds is 4. The van der Waals surface area contributed by atoms with Crippen molar-refractivity contribution in [2.45, 2.75) is 4.90 Å². The molecule has 1 aromatic rings. The fraction of sp³-hybridized carbons (Fsp3) is 0.571. The topological polar surface area (TPSA) is 110 Å². The van der Waals surface area contributed by atoms with E-state index in [1.165, 1.54) is 16.4 Å². The van der Waals surface area contributed by atoms with Crippen LogP contribution in [0.1, 0.15) is 0 Å². The molecule has 0 radical (unpaired) electrons. The summed E-state index contributed by atoms with van der Waals surface area (Å²) in [6.45, 7) is 4.36. The Labute approximate surface area is 140 Å².